The van der Waals surface area contributed by atoms with Gasteiger partial charge in [-0.2, -0.15) is 0 Å². The highest BCUT2D eigenvalue weighted by Crippen LogP contribution is 2.26. The second kappa shape index (κ2) is 7.14. The molecule has 1 aromatic carbocycles. The van der Waals surface area contributed by atoms with Crippen LogP contribution >= 0.6 is 11.6 Å². The van der Waals surface area contributed by atoms with Crippen molar-refractivity contribution in [3.63, 3.8) is 0 Å². The van der Waals surface area contributed by atoms with Crippen LogP contribution in [0, 0.1) is 11.8 Å². The van der Waals surface area contributed by atoms with Crippen LogP contribution in [0.25, 0.3) is 0 Å². The lowest BCUT2D eigenvalue weighted by molar-refractivity contribution is -0.136. The molecule has 2 N–H and O–H groups in total. The van der Waals surface area contributed by atoms with Gasteiger partial charge >= 0.3 is 0 Å². The van der Waals surface area contributed by atoms with Gasteiger partial charge in [-0.1, -0.05) is 37.6 Å². The van der Waals surface area contributed by atoms with Crippen LogP contribution in [-0.2, 0) is 4.79 Å². The number of halogens is 1. The monoisotopic (exact) mass is 309 g/mol. The summed E-state index contributed by atoms with van der Waals surface area (Å²) in [4.78, 5) is 16.7. The lowest BCUT2D eigenvalue weighted by Crippen LogP contribution is -2.52. The summed E-state index contributed by atoms with van der Waals surface area (Å²) in [5, 5.41) is 0.763. The summed E-state index contributed by atoms with van der Waals surface area (Å²) in [6.07, 6.45) is 0. The minimum atomic E-state index is -0.0723. The van der Waals surface area contributed by atoms with Gasteiger partial charge in [0.25, 0.3) is 0 Å². The Hall–Kier alpha value is -1.26. The van der Waals surface area contributed by atoms with Crippen LogP contribution < -0.4 is 10.6 Å². The molecule has 1 atom stereocenters. The van der Waals surface area contributed by atoms with Crippen molar-refractivity contribution < 1.29 is 4.79 Å². The number of anilines is 1. The van der Waals surface area contributed by atoms with E-state index in [0.717, 1.165) is 36.9 Å². The Morgan fingerprint density at radius 1 is 1.24 bits per heavy atom. The molecule has 0 radical (unpaired) electrons. The number of carbonyl (C=O) groups excluding carboxylic acids is 1. The highest BCUT2D eigenvalue weighted by molar-refractivity contribution is 6.33. The minimum absolute atomic E-state index is 0.0723. The van der Waals surface area contributed by atoms with Gasteiger partial charge in [0.2, 0.25) is 5.91 Å². The number of nitrogens with zero attached hydrogens (tertiary/aromatic N) is 2. The Labute approximate surface area is 131 Å². The Bertz CT molecular complexity index is 484. The van der Waals surface area contributed by atoms with Crippen LogP contribution in [0.15, 0.2) is 24.3 Å². The third-order valence-electron chi connectivity index (χ3n) is 4.16. The van der Waals surface area contributed by atoms with E-state index in [0.29, 0.717) is 6.54 Å². The maximum absolute atomic E-state index is 12.5. The summed E-state index contributed by atoms with van der Waals surface area (Å²) < 4.78 is 0. The van der Waals surface area contributed by atoms with Gasteiger partial charge in [0.1, 0.15) is 0 Å². The van der Waals surface area contributed by atoms with Crippen molar-refractivity contribution in [1.29, 1.82) is 0 Å². The van der Waals surface area contributed by atoms with Crippen molar-refractivity contribution >= 4 is 23.2 Å². The molecule has 0 aliphatic carbocycles. The fourth-order valence-corrected chi connectivity index (χ4v) is 3.02. The molecule has 0 spiro atoms. The van der Waals surface area contributed by atoms with Crippen LogP contribution in [-0.4, -0.2) is 43.5 Å². The summed E-state index contributed by atoms with van der Waals surface area (Å²) in [5.74, 6) is 0.396. The van der Waals surface area contributed by atoms with E-state index in [9.17, 15) is 4.79 Å². The van der Waals surface area contributed by atoms with Gasteiger partial charge in [-0.05, 0) is 18.1 Å². The van der Waals surface area contributed by atoms with Crippen molar-refractivity contribution in [2.75, 3.05) is 37.6 Å². The van der Waals surface area contributed by atoms with E-state index in [1.54, 1.807) is 0 Å². The second-order valence-electron chi connectivity index (χ2n) is 5.85. The van der Waals surface area contributed by atoms with Gasteiger partial charge in [0.15, 0.2) is 0 Å². The van der Waals surface area contributed by atoms with Gasteiger partial charge in [0.05, 0.1) is 16.6 Å². The van der Waals surface area contributed by atoms with Crippen molar-refractivity contribution in [3.05, 3.63) is 29.3 Å². The molecule has 1 aliphatic heterocycles. The minimum Gasteiger partial charge on any atom is -0.367 e. The zero-order chi connectivity index (χ0) is 15.4. The summed E-state index contributed by atoms with van der Waals surface area (Å²) in [6, 6.07) is 7.84. The number of rotatable bonds is 4. The van der Waals surface area contributed by atoms with E-state index in [2.05, 4.69) is 18.7 Å². The Balaban J connectivity index is 1.97. The molecule has 1 fully saturated rings. The molecule has 5 heteroatoms. The lowest BCUT2D eigenvalue weighted by Gasteiger charge is -2.38. The topological polar surface area (TPSA) is 49.6 Å². The van der Waals surface area contributed by atoms with Crippen LogP contribution in [0.3, 0.4) is 0 Å². The summed E-state index contributed by atoms with van der Waals surface area (Å²) >= 11 is 6.23. The molecule has 21 heavy (non-hydrogen) atoms. The largest absolute Gasteiger partial charge is 0.367 e. The first-order valence-corrected chi connectivity index (χ1v) is 7.90. The van der Waals surface area contributed by atoms with E-state index in [1.165, 1.54) is 0 Å². The first kappa shape index (κ1) is 16.1. The zero-order valence-corrected chi connectivity index (χ0v) is 13.5. The van der Waals surface area contributed by atoms with Crippen molar-refractivity contribution in [2.24, 2.45) is 17.6 Å². The van der Waals surface area contributed by atoms with Crippen LogP contribution in [0.4, 0.5) is 5.69 Å². The second-order valence-corrected chi connectivity index (χ2v) is 6.26. The number of nitrogens with two attached hydrogens (primary N) is 1. The average molecular weight is 310 g/mol. The van der Waals surface area contributed by atoms with Crippen LogP contribution in [0.2, 0.25) is 5.02 Å². The van der Waals surface area contributed by atoms with Gasteiger partial charge < -0.3 is 15.5 Å². The highest BCUT2D eigenvalue weighted by atomic mass is 35.5. The summed E-state index contributed by atoms with van der Waals surface area (Å²) in [5.41, 5.74) is 6.79. The van der Waals surface area contributed by atoms with E-state index in [-0.39, 0.29) is 17.7 Å². The quantitative estimate of drug-likeness (QED) is 0.928. The SMILES string of the molecule is CC(C)C(CN)C(=O)N1CCN(c2ccccc2Cl)CC1. The van der Waals surface area contributed by atoms with E-state index < -0.39 is 0 Å². The number of para-hydroxylation sites is 1. The Kier molecular flexibility index (Phi) is 5.48. The number of hydrogen-bond acceptors (Lipinski definition) is 3. The Morgan fingerprint density at radius 2 is 1.86 bits per heavy atom. The third kappa shape index (κ3) is 3.69. The molecule has 4 nitrogen and oxygen atoms in total. The number of piperazine rings is 1. The Morgan fingerprint density at radius 3 is 2.38 bits per heavy atom. The first-order chi connectivity index (χ1) is 10.0. The maximum atomic E-state index is 12.5. The van der Waals surface area contributed by atoms with E-state index in [4.69, 9.17) is 17.3 Å². The average Bonchev–Trinajstić information content (AvgIpc) is 2.48. The predicted octanol–water partition coefficient (Wildman–Crippen LogP) is 2.22. The van der Waals surface area contributed by atoms with E-state index >= 15 is 0 Å². The molecule has 1 heterocycles. The molecule has 1 aromatic rings. The highest BCUT2D eigenvalue weighted by Gasteiger charge is 2.28. The molecular weight excluding hydrogens is 286 g/mol. The van der Waals surface area contributed by atoms with Gasteiger partial charge in [-0.25, -0.2) is 0 Å². The van der Waals surface area contributed by atoms with Crippen molar-refractivity contribution in [1.82, 2.24) is 4.90 Å². The molecule has 1 saturated heterocycles. The van der Waals surface area contributed by atoms with Gasteiger partial charge in [-0.15, -0.1) is 0 Å². The molecule has 0 saturated carbocycles. The van der Waals surface area contributed by atoms with Crippen LogP contribution in [0.5, 0.6) is 0 Å². The standard InChI is InChI=1S/C16H24ClN3O/c1-12(2)13(11-18)16(21)20-9-7-19(8-10-20)15-6-4-3-5-14(15)17/h3-6,12-13H,7-11,18H2,1-2H3. The normalized spacial score (nSPS) is 17.2. The molecule has 116 valence electrons. The maximum Gasteiger partial charge on any atom is 0.227 e. The number of benzene rings is 1. The number of carbonyl (C=O) groups is 1. The summed E-state index contributed by atoms with van der Waals surface area (Å²) in [7, 11) is 0. The molecular formula is C16H24ClN3O. The molecule has 0 aromatic heterocycles. The smallest absolute Gasteiger partial charge is 0.227 e. The fourth-order valence-electron chi connectivity index (χ4n) is 2.77. The molecule has 1 amide bonds. The number of amides is 1. The molecule has 1 unspecified atom stereocenters. The van der Waals surface area contributed by atoms with Gasteiger partial charge in [-0.3, -0.25) is 4.79 Å². The zero-order valence-electron chi connectivity index (χ0n) is 12.8. The first-order valence-electron chi connectivity index (χ1n) is 7.53. The number of hydrogen-bond donors (Lipinski definition) is 1. The lowest BCUT2D eigenvalue weighted by atomic mass is 9.94. The molecule has 0 bridgehead atoms. The predicted molar refractivity (Wildman–Crippen MR) is 87.6 cm³/mol. The molecule has 2 rings (SSSR count). The van der Waals surface area contributed by atoms with Gasteiger partial charge in [0, 0.05) is 32.7 Å². The van der Waals surface area contributed by atoms with Crippen molar-refractivity contribution in [3.8, 4) is 0 Å². The van der Waals surface area contributed by atoms with Crippen LogP contribution in [0.1, 0.15) is 13.8 Å². The third-order valence-corrected chi connectivity index (χ3v) is 4.48. The van der Waals surface area contributed by atoms with Crippen molar-refractivity contribution in [2.45, 2.75) is 13.8 Å². The fraction of sp³-hybridized carbons (Fsp3) is 0.562. The van der Waals surface area contributed by atoms with E-state index in [1.807, 2.05) is 29.2 Å². The summed E-state index contributed by atoms with van der Waals surface area (Å²) in [6.45, 7) is 7.60. The molecule has 1 aliphatic rings.